The smallest absolute Gasteiger partial charge is 0.409 e. The van der Waals surface area contributed by atoms with Gasteiger partial charge in [-0.25, -0.2) is 4.79 Å². The van der Waals surface area contributed by atoms with Gasteiger partial charge in [-0.2, -0.15) is 0 Å². The molecule has 0 fully saturated rings. The average Bonchev–Trinajstić information content (AvgIpc) is 2.90. The monoisotopic (exact) mass is 535 g/mol. The lowest BCUT2D eigenvalue weighted by Gasteiger charge is -2.22. The van der Waals surface area contributed by atoms with Crippen molar-refractivity contribution in [2.24, 2.45) is 0 Å². The molecule has 0 heterocycles. The van der Waals surface area contributed by atoms with E-state index in [0.29, 0.717) is 6.61 Å². The highest BCUT2D eigenvalue weighted by molar-refractivity contribution is 5.67. The number of hydrogen-bond acceptors (Lipinski definition) is 3. The van der Waals surface area contributed by atoms with Crippen LogP contribution in [0.3, 0.4) is 0 Å². The third kappa shape index (κ3) is 27.7. The molecule has 0 saturated carbocycles. The van der Waals surface area contributed by atoms with E-state index in [4.69, 9.17) is 4.74 Å². The minimum Gasteiger partial charge on any atom is -0.449 e. The van der Waals surface area contributed by atoms with Crippen LogP contribution in [-0.4, -0.2) is 56.2 Å². The fraction of sp³-hybridized carbons (Fsp3) is 0.853. The van der Waals surface area contributed by atoms with Crippen molar-refractivity contribution in [2.75, 3.05) is 40.3 Å². The summed E-state index contributed by atoms with van der Waals surface area (Å²) in [5.74, 6) is 0. The molecule has 0 aliphatic rings. The highest BCUT2D eigenvalue weighted by Gasteiger charge is 2.14. The third-order valence-electron chi connectivity index (χ3n) is 7.14. The summed E-state index contributed by atoms with van der Waals surface area (Å²) >= 11 is 0. The maximum atomic E-state index is 12.7. The molecule has 1 amide bonds. The van der Waals surface area contributed by atoms with Crippen LogP contribution in [0.2, 0.25) is 0 Å². The minimum absolute atomic E-state index is 0.103. The van der Waals surface area contributed by atoms with Gasteiger partial charge in [-0.3, -0.25) is 0 Å². The van der Waals surface area contributed by atoms with E-state index in [1.165, 1.54) is 109 Å². The van der Waals surface area contributed by atoms with Crippen LogP contribution in [0, 0.1) is 0 Å². The summed E-state index contributed by atoms with van der Waals surface area (Å²) in [6, 6.07) is 0. The van der Waals surface area contributed by atoms with Crippen molar-refractivity contribution in [1.82, 2.24) is 9.80 Å². The van der Waals surface area contributed by atoms with E-state index in [1.807, 2.05) is 4.90 Å². The van der Waals surface area contributed by atoms with Crippen molar-refractivity contribution in [3.05, 3.63) is 24.3 Å². The highest BCUT2D eigenvalue weighted by Crippen LogP contribution is 2.12. The summed E-state index contributed by atoms with van der Waals surface area (Å²) in [6.07, 6.45) is 35.4. The molecule has 0 aliphatic heterocycles. The molecule has 0 unspecified atom stereocenters. The number of allylic oxidation sites excluding steroid dienone is 4. The molecule has 0 aliphatic carbocycles. The van der Waals surface area contributed by atoms with Crippen molar-refractivity contribution in [1.29, 1.82) is 0 Å². The minimum atomic E-state index is -0.103. The SMILES string of the molecule is CCCCCC=CCC=CCCCCCCCCN(CCCCCCCCCC)C(=O)OCCCN(C)C. The number of unbranched alkanes of at least 4 members (excludes halogenated alkanes) is 16. The second kappa shape index (κ2) is 30.3. The first kappa shape index (κ1) is 36.7. The molecule has 224 valence electrons. The van der Waals surface area contributed by atoms with Crippen molar-refractivity contribution >= 4 is 6.09 Å². The van der Waals surface area contributed by atoms with E-state index < -0.39 is 0 Å². The topological polar surface area (TPSA) is 32.8 Å². The van der Waals surface area contributed by atoms with E-state index in [1.54, 1.807) is 0 Å². The number of amides is 1. The Morgan fingerprint density at radius 2 is 1.00 bits per heavy atom. The van der Waals surface area contributed by atoms with E-state index in [2.05, 4.69) is 57.1 Å². The first-order valence-electron chi connectivity index (χ1n) is 16.5. The summed E-state index contributed by atoms with van der Waals surface area (Å²) in [4.78, 5) is 16.8. The zero-order valence-electron chi connectivity index (χ0n) is 26.2. The summed E-state index contributed by atoms with van der Waals surface area (Å²) in [5, 5.41) is 0. The molecule has 0 aromatic heterocycles. The van der Waals surface area contributed by atoms with Gasteiger partial charge in [-0.1, -0.05) is 122 Å². The Morgan fingerprint density at radius 3 is 1.53 bits per heavy atom. The molecule has 0 bridgehead atoms. The Kier molecular flexibility index (Phi) is 29.2. The van der Waals surface area contributed by atoms with Crippen LogP contribution >= 0.6 is 0 Å². The summed E-state index contributed by atoms with van der Waals surface area (Å²) in [7, 11) is 4.12. The predicted octanol–water partition coefficient (Wildman–Crippen LogP) is 10.3. The number of nitrogens with zero attached hydrogens (tertiary/aromatic N) is 2. The Bertz CT molecular complexity index is 545. The highest BCUT2D eigenvalue weighted by atomic mass is 16.6. The quantitative estimate of drug-likeness (QED) is 0.0739. The molecule has 0 atom stereocenters. The van der Waals surface area contributed by atoms with Gasteiger partial charge in [-0.15, -0.1) is 0 Å². The summed E-state index contributed by atoms with van der Waals surface area (Å²) in [5.41, 5.74) is 0. The molecule has 0 aromatic carbocycles. The number of carbonyl (C=O) groups excluding carboxylic acids is 1. The maximum Gasteiger partial charge on any atom is 0.409 e. The Balaban J connectivity index is 3.97. The van der Waals surface area contributed by atoms with Crippen LogP contribution in [-0.2, 0) is 4.74 Å². The molecule has 0 rings (SSSR count). The van der Waals surface area contributed by atoms with Gasteiger partial charge in [-0.05, 0) is 65.5 Å². The Hall–Kier alpha value is -1.29. The lowest BCUT2D eigenvalue weighted by molar-refractivity contribution is 0.0976. The van der Waals surface area contributed by atoms with E-state index in [9.17, 15) is 4.79 Å². The third-order valence-corrected chi connectivity index (χ3v) is 7.14. The van der Waals surface area contributed by atoms with Crippen LogP contribution < -0.4 is 0 Å². The number of ether oxygens (including phenoxy) is 1. The summed E-state index contributed by atoms with van der Waals surface area (Å²) in [6.45, 7) is 7.70. The van der Waals surface area contributed by atoms with Gasteiger partial charge < -0.3 is 14.5 Å². The number of rotatable bonds is 28. The largest absolute Gasteiger partial charge is 0.449 e. The van der Waals surface area contributed by atoms with E-state index in [-0.39, 0.29) is 6.09 Å². The molecule has 0 aromatic rings. The van der Waals surface area contributed by atoms with Gasteiger partial charge in [0.2, 0.25) is 0 Å². The van der Waals surface area contributed by atoms with Gasteiger partial charge in [0, 0.05) is 19.6 Å². The zero-order valence-corrected chi connectivity index (χ0v) is 26.2. The molecular formula is C34H66N2O2. The molecule has 4 heteroatoms. The predicted molar refractivity (Wildman–Crippen MR) is 168 cm³/mol. The maximum absolute atomic E-state index is 12.7. The van der Waals surface area contributed by atoms with Gasteiger partial charge in [0.05, 0.1) is 6.61 Å². The first-order valence-corrected chi connectivity index (χ1v) is 16.5. The van der Waals surface area contributed by atoms with Crippen molar-refractivity contribution in [2.45, 2.75) is 149 Å². The van der Waals surface area contributed by atoms with Gasteiger partial charge in [0.25, 0.3) is 0 Å². The molecule has 38 heavy (non-hydrogen) atoms. The van der Waals surface area contributed by atoms with Gasteiger partial charge >= 0.3 is 6.09 Å². The molecule has 4 nitrogen and oxygen atoms in total. The van der Waals surface area contributed by atoms with Crippen LogP contribution in [0.25, 0.3) is 0 Å². The van der Waals surface area contributed by atoms with Crippen LogP contribution in [0.5, 0.6) is 0 Å². The normalized spacial score (nSPS) is 11.8. The second-order valence-electron chi connectivity index (χ2n) is 11.3. The van der Waals surface area contributed by atoms with Crippen LogP contribution in [0.15, 0.2) is 24.3 Å². The van der Waals surface area contributed by atoms with Crippen molar-refractivity contribution < 1.29 is 9.53 Å². The fourth-order valence-electron chi connectivity index (χ4n) is 4.65. The van der Waals surface area contributed by atoms with Gasteiger partial charge in [0.1, 0.15) is 0 Å². The fourth-order valence-corrected chi connectivity index (χ4v) is 4.65. The molecular weight excluding hydrogens is 468 g/mol. The Labute approximate surface area is 238 Å². The molecule has 0 radical (unpaired) electrons. The van der Waals surface area contributed by atoms with E-state index >= 15 is 0 Å². The van der Waals surface area contributed by atoms with E-state index in [0.717, 1.165) is 45.3 Å². The molecule has 0 N–H and O–H groups in total. The van der Waals surface area contributed by atoms with Crippen molar-refractivity contribution in [3.63, 3.8) is 0 Å². The lowest BCUT2D eigenvalue weighted by Crippen LogP contribution is -2.34. The van der Waals surface area contributed by atoms with Gasteiger partial charge in [0.15, 0.2) is 0 Å². The number of carbonyl (C=O) groups is 1. The standard InChI is InChI=1S/C34H66N2O2/c1-5-7-9-11-13-15-16-17-18-19-20-21-22-24-26-28-32-36(34(37)38-33-29-30-35(3)4)31-27-25-23-14-12-10-8-6-2/h13,15,17-18H,5-12,14,16,19-33H2,1-4H3. The molecule has 0 spiro atoms. The second-order valence-corrected chi connectivity index (χ2v) is 11.3. The zero-order chi connectivity index (χ0) is 27.9. The number of hydrogen-bond donors (Lipinski definition) is 0. The Morgan fingerprint density at radius 1 is 0.553 bits per heavy atom. The first-order chi connectivity index (χ1) is 18.6. The lowest BCUT2D eigenvalue weighted by atomic mass is 10.1. The summed E-state index contributed by atoms with van der Waals surface area (Å²) < 4.78 is 5.61. The van der Waals surface area contributed by atoms with Crippen LogP contribution in [0.1, 0.15) is 149 Å². The van der Waals surface area contributed by atoms with Crippen molar-refractivity contribution in [3.8, 4) is 0 Å². The molecule has 0 saturated heterocycles. The van der Waals surface area contributed by atoms with Crippen LogP contribution in [0.4, 0.5) is 4.79 Å². The average molecular weight is 535 g/mol.